The zero-order chi connectivity index (χ0) is 19.7. The normalized spacial score (nSPS) is 10.8. The summed E-state index contributed by atoms with van der Waals surface area (Å²) < 4.78 is 10.3. The highest BCUT2D eigenvalue weighted by Crippen LogP contribution is 2.12. The Balaban J connectivity index is 2.53. The fraction of sp³-hybridized carbons (Fsp3) is 0.526. The molecule has 1 aromatic rings. The van der Waals surface area contributed by atoms with E-state index < -0.39 is 23.6 Å². The van der Waals surface area contributed by atoms with Crippen LogP contribution in [0.3, 0.4) is 0 Å². The molecular formula is C19H28N2O5. The number of amides is 2. The molecule has 0 heterocycles. The Morgan fingerprint density at radius 1 is 1.12 bits per heavy atom. The van der Waals surface area contributed by atoms with Crippen molar-refractivity contribution in [1.29, 1.82) is 0 Å². The molecule has 0 atom stereocenters. The molecule has 1 rings (SSSR count). The van der Waals surface area contributed by atoms with E-state index in [0.717, 1.165) is 12.8 Å². The van der Waals surface area contributed by atoms with Crippen LogP contribution in [0, 0.1) is 0 Å². The van der Waals surface area contributed by atoms with Crippen molar-refractivity contribution in [3.8, 4) is 0 Å². The molecule has 0 radical (unpaired) electrons. The largest absolute Gasteiger partial charge is 0.462 e. The lowest BCUT2D eigenvalue weighted by atomic mass is 10.2. The van der Waals surface area contributed by atoms with E-state index in [1.165, 1.54) is 11.9 Å². The van der Waals surface area contributed by atoms with Gasteiger partial charge in [-0.15, -0.1) is 0 Å². The van der Waals surface area contributed by atoms with Gasteiger partial charge in [0, 0.05) is 12.7 Å². The summed E-state index contributed by atoms with van der Waals surface area (Å²) in [5.74, 6) is -0.876. The Morgan fingerprint density at radius 3 is 2.27 bits per heavy atom. The number of ether oxygens (including phenoxy) is 2. The fourth-order valence-electron chi connectivity index (χ4n) is 1.94. The zero-order valence-corrected chi connectivity index (χ0v) is 16.1. The standard InChI is InChI=1S/C19H28N2O5/c1-6-7-12-25-17(23)14-8-10-15(11-9-14)20-18(24)21(5)13-16(22)26-19(2,3)4/h8-11H,6-7,12-13H2,1-5H3,(H,20,24). The number of carbonyl (C=O) groups is 3. The van der Waals surface area contributed by atoms with Crippen LogP contribution in [-0.2, 0) is 14.3 Å². The van der Waals surface area contributed by atoms with E-state index in [1.54, 1.807) is 45.0 Å². The second-order valence-corrected chi connectivity index (χ2v) is 6.94. The monoisotopic (exact) mass is 364 g/mol. The molecule has 2 amide bonds. The maximum atomic E-state index is 12.1. The molecule has 1 N–H and O–H groups in total. The van der Waals surface area contributed by atoms with E-state index in [2.05, 4.69) is 5.32 Å². The summed E-state index contributed by atoms with van der Waals surface area (Å²) in [6.45, 7) is 7.54. The maximum Gasteiger partial charge on any atom is 0.338 e. The summed E-state index contributed by atoms with van der Waals surface area (Å²) in [5, 5.41) is 2.66. The lowest BCUT2D eigenvalue weighted by Crippen LogP contribution is -2.38. The lowest BCUT2D eigenvalue weighted by molar-refractivity contribution is -0.155. The Kier molecular flexibility index (Phi) is 8.09. The van der Waals surface area contributed by atoms with Crippen molar-refractivity contribution < 1.29 is 23.9 Å². The van der Waals surface area contributed by atoms with Gasteiger partial charge in [-0.05, 0) is 51.5 Å². The summed E-state index contributed by atoms with van der Waals surface area (Å²) in [4.78, 5) is 36.9. The Bertz CT molecular complexity index is 620. The van der Waals surface area contributed by atoms with E-state index in [1.807, 2.05) is 6.92 Å². The van der Waals surface area contributed by atoms with Crippen molar-refractivity contribution in [2.45, 2.75) is 46.1 Å². The van der Waals surface area contributed by atoms with Crippen LogP contribution in [0.1, 0.15) is 50.9 Å². The third-order valence-electron chi connectivity index (χ3n) is 3.24. The number of hydrogen-bond donors (Lipinski definition) is 1. The number of urea groups is 1. The van der Waals surface area contributed by atoms with Gasteiger partial charge in [0.2, 0.25) is 0 Å². The third kappa shape index (κ3) is 8.00. The molecule has 7 nitrogen and oxygen atoms in total. The van der Waals surface area contributed by atoms with E-state index >= 15 is 0 Å². The molecule has 1 aromatic carbocycles. The second-order valence-electron chi connectivity index (χ2n) is 6.94. The highest BCUT2D eigenvalue weighted by Gasteiger charge is 2.20. The van der Waals surface area contributed by atoms with E-state index in [4.69, 9.17) is 9.47 Å². The number of anilines is 1. The average Bonchev–Trinajstić information content (AvgIpc) is 2.53. The van der Waals surface area contributed by atoms with Gasteiger partial charge >= 0.3 is 18.0 Å². The van der Waals surface area contributed by atoms with Gasteiger partial charge in [0.25, 0.3) is 0 Å². The molecule has 0 unspecified atom stereocenters. The summed E-state index contributed by atoms with van der Waals surface area (Å²) >= 11 is 0. The third-order valence-corrected chi connectivity index (χ3v) is 3.24. The lowest BCUT2D eigenvalue weighted by Gasteiger charge is -2.22. The SMILES string of the molecule is CCCCOC(=O)c1ccc(NC(=O)N(C)CC(=O)OC(C)(C)C)cc1. The summed E-state index contributed by atoms with van der Waals surface area (Å²) in [5.41, 5.74) is 0.327. The van der Waals surface area contributed by atoms with Gasteiger partial charge in [0.05, 0.1) is 12.2 Å². The van der Waals surface area contributed by atoms with E-state index in [-0.39, 0.29) is 6.54 Å². The van der Waals surface area contributed by atoms with Crippen LogP contribution in [0.5, 0.6) is 0 Å². The average molecular weight is 364 g/mol. The van der Waals surface area contributed by atoms with Crippen LogP contribution in [0.25, 0.3) is 0 Å². The van der Waals surface area contributed by atoms with Crippen LogP contribution >= 0.6 is 0 Å². The van der Waals surface area contributed by atoms with Crippen molar-refractivity contribution in [2.75, 3.05) is 25.5 Å². The first-order chi connectivity index (χ1) is 12.1. The quantitative estimate of drug-likeness (QED) is 0.592. The zero-order valence-electron chi connectivity index (χ0n) is 16.1. The van der Waals surface area contributed by atoms with Gasteiger partial charge in [-0.3, -0.25) is 4.79 Å². The molecule has 0 saturated heterocycles. The van der Waals surface area contributed by atoms with Crippen molar-refractivity contribution in [3.63, 3.8) is 0 Å². The van der Waals surface area contributed by atoms with E-state index in [9.17, 15) is 14.4 Å². The molecule has 0 saturated carbocycles. The summed E-state index contributed by atoms with van der Waals surface area (Å²) in [6, 6.07) is 5.93. The minimum Gasteiger partial charge on any atom is -0.462 e. The maximum absolute atomic E-state index is 12.1. The van der Waals surface area contributed by atoms with Crippen molar-refractivity contribution in [2.24, 2.45) is 0 Å². The number of nitrogens with zero attached hydrogens (tertiary/aromatic N) is 1. The summed E-state index contributed by atoms with van der Waals surface area (Å²) in [6.07, 6.45) is 1.78. The Labute approximate surface area is 154 Å². The second kappa shape index (κ2) is 9.79. The molecule has 144 valence electrons. The molecule has 0 aliphatic rings. The number of likely N-dealkylation sites (N-methyl/N-ethyl adjacent to an activating group) is 1. The number of carbonyl (C=O) groups excluding carboxylic acids is 3. The van der Waals surface area contributed by atoms with Gasteiger partial charge in [0.1, 0.15) is 12.1 Å². The van der Waals surface area contributed by atoms with Gasteiger partial charge in [0.15, 0.2) is 0 Å². The van der Waals surface area contributed by atoms with Gasteiger partial charge in [-0.25, -0.2) is 9.59 Å². The number of hydrogen-bond acceptors (Lipinski definition) is 5. The molecule has 7 heteroatoms. The van der Waals surface area contributed by atoms with E-state index in [0.29, 0.717) is 17.9 Å². The molecule has 0 aliphatic heterocycles. The van der Waals surface area contributed by atoms with Crippen LogP contribution in [-0.4, -0.2) is 48.7 Å². The van der Waals surface area contributed by atoms with Gasteiger partial charge in [-0.1, -0.05) is 13.3 Å². The minimum atomic E-state index is -0.601. The number of benzene rings is 1. The van der Waals surface area contributed by atoms with Gasteiger partial charge in [-0.2, -0.15) is 0 Å². The minimum absolute atomic E-state index is 0.162. The number of esters is 2. The van der Waals surface area contributed by atoms with Crippen LogP contribution in [0.2, 0.25) is 0 Å². The fourth-order valence-corrected chi connectivity index (χ4v) is 1.94. The molecule has 0 spiro atoms. The predicted octanol–water partition coefficient (Wildman–Crippen LogP) is 3.45. The first-order valence-corrected chi connectivity index (χ1v) is 8.63. The van der Waals surface area contributed by atoms with Crippen molar-refractivity contribution >= 4 is 23.7 Å². The molecular weight excluding hydrogens is 336 g/mol. The highest BCUT2D eigenvalue weighted by molar-refractivity contribution is 5.93. The number of nitrogens with one attached hydrogen (secondary N) is 1. The van der Waals surface area contributed by atoms with Crippen LogP contribution in [0.4, 0.5) is 10.5 Å². The highest BCUT2D eigenvalue weighted by atomic mass is 16.6. The smallest absolute Gasteiger partial charge is 0.338 e. The van der Waals surface area contributed by atoms with Crippen LogP contribution < -0.4 is 5.32 Å². The predicted molar refractivity (Wildman–Crippen MR) is 99.1 cm³/mol. The summed E-state index contributed by atoms with van der Waals surface area (Å²) in [7, 11) is 1.50. The Hall–Kier alpha value is -2.57. The topological polar surface area (TPSA) is 84.9 Å². The number of unbranched alkanes of at least 4 members (excludes halogenated alkanes) is 1. The molecule has 0 aromatic heterocycles. The molecule has 26 heavy (non-hydrogen) atoms. The van der Waals surface area contributed by atoms with Crippen molar-refractivity contribution in [3.05, 3.63) is 29.8 Å². The van der Waals surface area contributed by atoms with Crippen LogP contribution in [0.15, 0.2) is 24.3 Å². The first kappa shape index (κ1) is 21.5. The number of rotatable bonds is 7. The molecule has 0 aliphatic carbocycles. The Morgan fingerprint density at radius 2 is 1.73 bits per heavy atom. The first-order valence-electron chi connectivity index (χ1n) is 8.63. The molecule has 0 fully saturated rings. The van der Waals surface area contributed by atoms with Gasteiger partial charge < -0.3 is 19.7 Å². The molecule has 0 bridgehead atoms. The van der Waals surface area contributed by atoms with Crippen molar-refractivity contribution in [1.82, 2.24) is 4.90 Å².